The molecule has 1 N–H and O–H groups in total. The number of nitrogens with one attached hydrogen (secondary N) is 1. The van der Waals surface area contributed by atoms with Gasteiger partial charge >= 0.3 is 0 Å². The fourth-order valence-corrected chi connectivity index (χ4v) is 1.61. The summed E-state index contributed by atoms with van der Waals surface area (Å²) in [6.45, 7) is 0. The first-order valence-electron chi connectivity index (χ1n) is 5.82. The topological polar surface area (TPSA) is 67.5 Å². The lowest BCUT2D eigenvalue weighted by molar-refractivity contribution is -0.384. The third-order valence-corrected chi connectivity index (χ3v) is 2.55. The molecular weight excluding hydrogens is 242 g/mol. The van der Waals surface area contributed by atoms with Crippen molar-refractivity contribution in [3.8, 4) is 0 Å². The maximum Gasteiger partial charge on any atom is 0.294 e. The van der Waals surface area contributed by atoms with Crippen molar-refractivity contribution in [3.05, 3.63) is 70.3 Å². The number of para-hydroxylation sites is 2. The fourth-order valence-electron chi connectivity index (χ4n) is 1.61. The molecule has 0 aliphatic rings. The molecule has 0 unspecified atom stereocenters. The summed E-state index contributed by atoms with van der Waals surface area (Å²) in [7, 11) is 0. The number of benzene rings is 2. The Kier molecular flexibility index (Phi) is 4.23. The monoisotopic (exact) mass is 255 g/mol. The molecule has 0 saturated heterocycles. The summed E-state index contributed by atoms with van der Waals surface area (Å²) in [5.41, 5.74) is 4.23. The molecule has 0 bridgehead atoms. The molecule has 0 aliphatic heterocycles. The highest BCUT2D eigenvalue weighted by atomic mass is 16.6. The van der Waals surface area contributed by atoms with Gasteiger partial charge in [-0.1, -0.05) is 42.5 Å². The van der Waals surface area contributed by atoms with Gasteiger partial charge in [0.15, 0.2) is 0 Å². The highest BCUT2D eigenvalue weighted by Gasteiger charge is 2.10. The highest BCUT2D eigenvalue weighted by molar-refractivity contribution is 5.66. The average molecular weight is 255 g/mol. The van der Waals surface area contributed by atoms with Crippen LogP contribution in [0.5, 0.6) is 0 Å². The minimum atomic E-state index is -0.435. The van der Waals surface area contributed by atoms with E-state index in [1.807, 2.05) is 30.3 Å². The standard InChI is InChI=1S/C14H13N3O2/c18-17(19)14-9-5-4-8-13(14)16-15-11-10-12-6-2-1-3-7-12/h1-9,11,16H,10H2. The van der Waals surface area contributed by atoms with Crippen LogP contribution in [0.1, 0.15) is 5.56 Å². The number of hydrogen-bond acceptors (Lipinski definition) is 4. The van der Waals surface area contributed by atoms with Gasteiger partial charge < -0.3 is 0 Å². The van der Waals surface area contributed by atoms with Gasteiger partial charge in [0.05, 0.1) is 4.92 Å². The van der Waals surface area contributed by atoms with E-state index in [0.717, 1.165) is 5.56 Å². The van der Waals surface area contributed by atoms with Crippen molar-refractivity contribution >= 4 is 17.6 Å². The maximum absolute atomic E-state index is 10.8. The lowest BCUT2D eigenvalue weighted by atomic mass is 10.2. The molecule has 0 atom stereocenters. The van der Waals surface area contributed by atoms with Gasteiger partial charge in [0.25, 0.3) is 5.69 Å². The zero-order chi connectivity index (χ0) is 13.5. The quantitative estimate of drug-likeness (QED) is 0.506. The molecule has 2 aromatic rings. The summed E-state index contributed by atoms with van der Waals surface area (Å²) in [5.74, 6) is 0. The van der Waals surface area contributed by atoms with Crippen LogP contribution in [0.2, 0.25) is 0 Å². The van der Waals surface area contributed by atoms with E-state index in [-0.39, 0.29) is 5.69 Å². The van der Waals surface area contributed by atoms with Gasteiger partial charge in [0.2, 0.25) is 0 Å². The van der Waals surface area contributed by atoms with Gasteiger partial charge in [-0.2, -0.15) is 5.10 Å². The van der Waals surface area contributed by atoms with Crippen LogP contribution in [0.25, 0.3) is 0 Å². The molecule has 0 amide bonds. The molecule has 0 radical (unpaired) electrons. The van der Waals surface area contributed by atoms with Crippen molar-refractivity contribution in [2.75, 3.05) is 5.43 Å². The van der Waals surface area contributed by atoms with Crippen molar-refractivity contribution in [1.29, 1.82) is 0 Å². The first-order valence-corrected chi connectivity index (χ1v) is 5.82. The number of anilines is 1. The van der Waals surface area contributed by atoms with Crippen LogP contribution in [0, 0.1) is 10.1 Å². The van der Waals surface area contributed by atoms with E-state index in [1.165, 1.54) is 6.07 Å². The van der Waals surface area contributed by atoms with Gasteiger partial charge in [-0.05, 0) is 11.6 Å². The Labute approximate surface area is 110 Å². The van der Waals surface area contributed by atoms with Gasteiger partial charge in [-0.25, -0.2) is 0 Å². The van der Waals surface area contributed by atoms with E-state index in [4.69, 9.17) is 0 Å². The van der Waals surface area contributed by atoms with Gasteiger partial charge in [-0.15, -0.1) is 0 Å². The highest BCUT2D eigenvalue weighted by Crippen LogP contribution is 2.22. The van der Waals surface area contributed by atoms with Crippen LogP contribution in [0.3, 0.4) is 0 Å². The number of hydrazone groups is 1. The van der Waals surface area contributed by atoms with Crippen LogP contribution >= 0.6 is 0 Å². The Bertz CT molecular complexity index is 582. The van der Waals surface area contributed by atoms with Crippen molar-refractivity contribution in [3.63, 3.8) is 0 Å². The predicted octanol–water partition coefficient (Wildman–Crippen LogP) is 3.24. The normalized spacial score (nSPS) is 10.5. The second-order valence-electron chi connectivity index (χ2n) is 3.89. The number of nitro groups is 1. The van der Waals surface area contributed by atoms with E-state index in [9.17, 15) is 10.1 Å². The van der Waals surface area contributed by atoms with Gasteiger partial charge in [0.1, 0.15) is 5.69 Å². The van der Waals surface area contributed by atoms with Crippen LogP contribution in [-0.2, 0) is 6.42 Å². The largest absolute Gasteiger partial charge is 0.294 e. The van der Waals surface area contributed by atoms with Crippen molar-refractivity contribution in [2.24, 2.45) is 5.10 Å². The first kappa shape index (κ1) is 12.8. The summed E-state index contributed by atoms with van der Waals surface area (Å²) in [6, 6.07) is 16.3. The third kappa shape index (κ3) is 3.64. The fraction of sp³-hybridized carbons (Fsp3) is 0.0714. The van der Waals surface area contributed by atoms with Crippen molar-refractivity contribution in [1.82, 2.24) is 0 Å². The molecule has 2 aromatic carbocycles. The summed E-state index contributed by atoms with van der Waals surface area (Å²) < 4.78 is 0. The molecule has 0 saturated carbocycles. The average Bonchev–Trinajstić information content (AvgIpc) is 2.45. The number of nitrogens with zero attached hydrogens (tertiary/aromatic N) is 2. The molecule has 0 aromatic heterocycles. The third-order valence-electron chi connectivity index (χ3n) is 2.55. The Morgan fingerprint density at radius 1 is 1.11 bits per heavy atom. The predicted molar refractivity (Wildman–Crippen MR) is 75.4 cm³/mol. The van der Waals surface area contributed by atoms with Crippen LogP contribution in [0.4, 0.5) is 11.4 Å². The zero-order valence-corrected chi connectivity index (χ0v) is 10.2. The van der Waals surface area contributed by atoms with Crippen LogP contribution in [0.15, 0.2) is 59.7 Å². The van der Waals surface area contributed by atoms with E-state index < -0.39 is 4.92 Å². The maximum atomic E-state index is 10.8. The Balaban J connectivity index is 1.97. The Morgan fingerprint density at radius 2 is 1.79 bits per heavy atom. The van der Waals surface area contributed by atoms with E-state index in [0.29, 0.717) is 12.1 Å². The van der Waals surface area contributed by atoms with Crippen molar-refractivity contribution in [2.45, 2.75) is 6.42 Å². The molecule has 19 heavy (non-hydrogen) atoms. The lowest BCUT2D eigenvalue weighted by Crippen LogP contribution is -1.97. The summed E-state index contributed by atoms with van der Waals surface area (Å²) in [6.07, 6.45) is 2.36. The zero-order valence-electron chi connectivity index (χ0n) is 10.2. The molecule has 96 valence electrons. The first-order chi connectivity index (χ1) is 9.27. The molecule has 2 rings (SSSR count). The number of rotatable bonds is 5. The van der Waals surface area contributed by atoms with Crippen LogP contribution < -0.4 is 5.43 Å². The Morgan fingerprint density at radius 3 is 2.53 bits per heavy atom. The van der Waals surface area contributed by atoms with E-state index >= 15 is 0 Å². The minimum Gasteiger partial charge on any atom is -0.272 e. The number of hydrogen-bond donors (Lipinski definition) is 1. The molecule has 5 heteroatoms. The second kappa shape index (κ2) is 6.30. The van der Waals surface area contributed by atoms with Crippen LogP contribution in [-0.4, -0.2) is 11.1 Å². The summed E-state index contributed by atoms with van der Waals surface area (Å²) in [4.78, 5) is 10.4. The smallest absolute Gasteiger partial charge is 0.272 e. The van der Waals surface area contributed by atoms with E-state index in [2.05, 4.69) is 10.5 Å². The molecule has 0 spiro atoms. The van der Waals surface area contributed by atoms with Crippen molar-refractivity contribution < 1.29 is 4.92 Å². The minimum absolute atomic E-state index is 0.0133. The number of nitro benzene ring substituents is 1. The summed E-state index contributed by atoms with van der Waals surface area (Å²) in [5, 5.41) is 14.8. The Hall–Kier alpha value is -2.69. The second-order valence-corrected chi connectivity index (χ2v) is 3.89. The van der Waals surface area contributed by atoms with Gasteiger partial charge in [-0.3, -0.25) is 15.5 Å². The lowest BCUT2D eigenvalue weighted by Gasteiger charge is -2.01. The molecular formula is C14H13N3O2. The molecule has 0 aliphatic carbocycles. The molecule has 0 heterocycles. The summed E-state index contributed by atoms with van der Waals surface area (Å²) >= 11 is 0. The molecule has 5 nitrogen and oxygen atoms in total. The SMILES string of the molecule is O=[N+]([O-])c1ccccc1NN=CCc1ccccc1. The van der Waals surface area contributed by atoms with Gasteiger partial charge in [0, 0.05) is 18.7 Å². The van der Waals surface area contributed by atoms with E-state index in [1.54, 1.807) is 24.4 Å². The molecule has 0 fully saturated rings.